The summed E-state index contributed by atoms with van der Waals surface area (Å²) in [7, 11) is 1.38. The van der Waals surface area contributed by atoms with Gasteiger partial charge in [-0.2, -0.15) is 0 Å². The van der Waals surface area contributed by atoms with Gasteiger partial charge in [0.05, 0.1) is 7.11 Å². The van der Waals surface area contributed by atoms with E-state index in [-0.39, 0.29) is 5.97 Å². The largest absolute Gasteiger partial charge is 0.465 e. The first kappa shape index (κ1) is 15.9. The molecule has 2 aromatic carbocycles. The maximum absolute atomic E-state index is 12.1. The monoisotopic (exact) mass is 392 g/mol. The van der Waals surface area contributed by atoms with Crippen LogP contribution in [0.5, 0.6) is 0 Å². The van der Waals surface area contributed by atoms with Crippen molar-refractivity contribution in [3.05, 3.63) is 63.1 Å². The van der Waals surface area contributed by atoms with Crippen molar-refractivity contribution in [3.63, 3.8) is 0 Å². The number of ether oxygens (including phenoxy) is 1. The highest BCUT2D eigenvalue weighted by atomic mass is 79.9. The molecule has 0 saturated carbocycles. The summed E-state index contributed by atoms with van der Waals surface area (Å²) >= 11 is 9.32. The van der Waals surface area contributed by atoms with E-state index in [2.05, 4.69) is 26.2 Å². The molecule has 0 fully saturated rings. The predicted octanol–water partition coefficient (Wildman–Crippen LogP) is 4.98. The summed E-state index contributed by atoms with van der Waals surface area (Å²) in [6, 6.07) is 13.2. The van der Waals surface area contributed by atoms with Crippen LogP contribution in [0.4, 0.5) is 5.82 Å². The van der Waals surface area contributed by atoms with Crippen molar-refractivity contribution >= 4 is 50.2 Å². The lowest BCUT2D eigenvalue weighted by Crippen LogP contribution is -2.07. The van der Waals surface area contributed by atoms with Crippen LogP contribution in [0, 0.1) is 0 Å². The Labute approximate surface area is 146 Å². The van der Waals surface area contributed by atoms with E-state index in [1.807, 2.05) is 42.5 Å². The molecule has 0 radical (unpaired) electrons. The van der Waals surface area contributed by atoms with E-state index in [1.165, 1.54) is 7.11 Å². The zero-order valence-corrected chi connectivity index (χ0v) is 14.7. The molecule has 0 aliphatic carbocycles. The number of hydrogen-bond acceptors (Lipinski definition) is 3. The first-order chi connectivity index (χ1) is 11.1. The molecule has 6 heteroatoms. The molecule has 3 rings (SSSR count). The number of aromatic nitrogens is 1. The number of aromatic amines is 1. The molecule has 1 aromatic heterocycles. The molecule has 1 heterocycles. The highest BCUT2D eigenvalue weighted by molar-refractivity contribution is 9.10. The molecule has 23 heavy (non-hydrogen) atoms. The number of carbonyl (C=O) groups excluding carboxylic acids is 1. The van der Waals surface area contributed by atoms with Crippen molar-refractivity contribution < 1.29 is 9.53 Å². The summed E-state index contributed by atoms with van der Waals surface area (Å²) in [5, 5.41) is 4.77. The Bertz CT molecular complexity index is 859. The van der Waals surface area contributed by atoms with Crippen molar-refractivity contribution in [1.29, 1.82) is 0 Å². The van der Waals surface area contributed by atoms with Gasteiger partial charge >= 0.3 is 5.97 Å². The normalized spacial score (nSPS) is 10.7. The first-order valence-electron chi connectivity index (χ1n) is 6.96. The highest BCUT2D eigenvalue weighted by Crippen LogP contribution is 2.29. The standard InChI is InChI=1S/C17H14BrClN2O2/c1-23-17(22)15-13-7-4-11(18)8-14(13)21-16(15)20-9-10-2-5-12(19)6-3-10/h2-8,20-21H,9H2,1H3. The van der Waals surface area contributed by atoms with E-state index in [1.54, 1.807) is 0 Å². The zero-order valence-electron chi connectivity index (χ0n) is 12.3. The van der Waals surface area contributed by atoms with Gasteiger partial charge in [0, 0.05) is 26.9 Å². The van der Waals surface area contributed by atoms with Gasteiger partial charge in [-0.1, -0.05) is 45.7 Å². The number of anilines is 1. The fourth-order valence-corrected chi connectivity index (χ4v) is 2.90. The Morgan fingerprint density at radius 2 is 2.00 bits per heavy atom. The molecular weight excluding hydrogens is 380 g/mol. The smallest absolute Gasteiger partial charge is 0.342 e. The van der Waals surface area contributed by atoms with E-state index >= 15 is 0 Å². The number of H-pyrrole nitrogens is 1. The van der Waals surface area contributed by atoms with Crippen LogP contribution in [-0.2, 0) is 11.3 Å². The summed E-state index contributed by atoms with van der Waals surface area (Å²) < 4.78 is 5.85. The van der Waals surface area contributed by atoms with Gasteiger partial charge in [-0.3, -0.25) is 0 Å². The van der Waals surface area contributed by atoms with Gasteiger partial charge < -0.3 is 15.0 Å². The first-order valence-corrected chi connectivity index (χ1v) is 8.13. The second kappa shape index (κ2) is 6.64. The topological polar surface area (TPSA) is 54.1 Å². The predicted molar refractivity (Wildman–Crippen MR) is 96.1 cm³/mol. The lowest BCUT2D eigenvalue weighted by Gasteiger charge is -2.07. The average molecular weight is 394 g/mol. The SMILES string of the molecule is COC(=O)c1c(NCc2ccc(Cl)cc2)[nH]c2cc(Br)ccc12. The van der Waals surface area contributed by atoms with Crippen LogP contribution in [0.15, 0.2) is 46.9 Å². The van der Waals surface area contributed by atoms with E-state index < -0.39 is 0 Å². The van der Waals surface area contributed by atoms with Crippen molar-refractivity contribution in [3.8, 4) is 0 Å². The van der Waals surface area contributed by atoms with Crippen LogP contribution in [0.25, 0.3) is 10.9 Å². The fraction of sp³-hybridized carbons (Fsp3) is 0.118. The van der Waals surface area contributed by atoms with Crippen molar-refractivity contribution in [1.82, 2.24) is 4.98 Å². The van der Waals surface area contributed by atoms with E-state index in [0.717, 1.165) is 20.9 Å². The van der Waals surface area contributed by atoms with Gasteiger partial charge in [-0.15, -0.1) is 0 Å². The van der Waals surface area contributed by atoms with Gasteiger partial charge in [0.15, 0.2) is 0 Å². The third kappa shape index (κ3) is 3.35. The van der Waals surface area contributed by atoms with Gasteiger partial charge in [0.1, 0.15) is 11.4 Å². The van der Waals surface area contributed by atoms with Crippen molar-refractivity contribution in [2.45, 2.75) is 6.54 Å². The second-order valence-electron chi connectivity index (χ2n) is 5.04. The van der Waals surface area contributed by atoms with E-state index in [4.69, 9.17) is 16.3 Å². The highest BCUT2D eigenvalue weighted by Gasteiger charge is 2.19. The van der Waals surface area contributed by atoms with Gasteiger partial charge in [-0.25, -0.2) is 4.79 Å². The lowest BCUT2D eigenvalue weighted by molar-refractivity contribution is 0.0604. The van der Waals surface area contributed by atoms with Gasteiger partial charge in [-0.05, 0) is 29.8 Å². The number of esters is 1. The maximum Gasteiger partial charge on any atom is 0.342 e. The van der Waals surface area contributed by atoms with Crippen LogP contribution in [-0.4, -0.2) is 18.1 Å². The number of methoxy groups -OCH3 is 1. The molecule has 3 aromatic rings. The molecule has 0 atom stereocenters. The lowest BCUT2D eigenvalue weighted by atomic mass is 10.1. The molecule has 0 saturated heterocycles. The molecule has 0 aliphatic heterocycles. The summed E-state index contributed by atoms with van der Waals surface area (Å²) in [6.45, 7) is 0.565. The summed E-state index contributed by atoms with van der Waals surface area (Å²) in [5.74, 6) is 0.261. The molecule has 0 bridgehead atoms. The number of hydrogen-bond donors (Lipinski definition) is 2. The minimum absolute atomic E-state index is 0.378. The summed E-state index contributed by atoms with van der Waals surface area (Å²) in [5.41, 5.74) is 2.42. The van der Waals surface area contributed by atoms with E-state index in [9.17, 15) is 4.79 Å². The molecule has 2 N–H and O–H groups in total. The van der Waals surface area contributed by atoms with Crippen LogP contribution in [0.3, 0.4) is 0 Å². The maximum atomic E-state index is 12.1. The summed E-state index contributed by atoms with van der Waals surface area (Å²) in [6.07, 6.45) is 0. The van der Waals surface area contributed by atoms with E-state index in [0.29, 0.717) is 22.9 Å². The number of nitrogens with one attached hydrogen (secondary N) is 2. The minimum Gasteiger partial charge on any atom is -0.465 e. The molecule has 118 valence electrons. The Morgan fingerprint density at radius 3 is 2.70 bits per heavy atom. The molecule has 0 spiro atoms. The third-order valence-electron chi connectivity index (χ3n) is 3.53. The Hall–Kier alpha value is -1.98. The number of benzene rings is 2. The molecule has 0 amide bonds. The molecule has 4 nitrogen and oxygen atoms in total. The number of halogens is 2. The van der Waals surface area contributed by atoms with Crippen LogP contribution >= 0.6 is 27.5 Å². The zero-order chi connectivity index (χ0) is 16.4. The van der Waals surface area contributed by atoms with Gasteiger partial charge in [0.25, 0.3) is 0 Å². The van der Waals surface area contributed by atoms with Crippen molar-refractivity contribution in [2.24, 2.45) is 0 Å². The summed E-state index contributed by atoms with van der Waals surface area (Å²) in [4.78, 5) is 15.4. The molecular formula is C17H14BrClN2O2. The third-order valence-corrected chi connectivity index (χ3v) is 4.28. The van der Waals surface area contributed by atoms with Crippen LogP contribution < -0.4 is 5.32 Å². The van der Waals surface area contributed by atoms with Gasteiger partial charge in [0.2, 0.25) is 0 Å². The quantitative estimate of drug-likeness (QED) is 0.614. The molecule has 0 aliphatic rings. The Kier molecular flexibility index (Phi) is 4.59. The number of fused-ring (bicyclic) bond motifs is 1. The Balaban J connectivity index is 1.95. The Morgan fingerprint density at radius 1 is 1.26 bits per heavy atom. The second-order valence-corrected chi connectivity index (χ2v) is 6.39. The fourth-order valence-electron chi connectivity index (χ4n) is 2.41. The van der Waals surface area contributed by atoms with Crippen LogP contribution in [0.2, 0.25) is 5.02 Å². The number of carbonyl (C=O) groups is 1. The average Bonchev–Trinajstić information content (AvgIpc) is 2.91. The molecule has 0 unspecified atom stereocenters. The van der Waals surface area contributed by atoms with Crippen molar-refractivity contribution in [2.75, 3.05) is 12.4 Å². The number of rotatable bonds is 4. The minimum atomic E-state index is -0.378. The van der Waals surface area contributed by atoms with Crippen LogP contribution in [0.1, 0.15) is 15.9 Å².